The van der Waals surface area contributed by atoms with E-state index in [1.165, 1.54) is 6.20 Å². The molecule has 0 saturated carbocycles. The number of nitrogens with two attached hydrogens (primary N) is 1. The molecule has 3 N–H and O–H groups in total. The quantitative estimate of drug-likeness (QED) is 0.389. The molecule has 0 spiro atoms. The predicted octanol–water partition coefficient (Wildman–Crippen LogP) is 2.41. The zero-order valence-corrected chi connectivity index (χ0v) is 10.7. The Hall–Kier alpha value is -2.27. The van der Waals surface area contributed by atoms with E-state index in [1.54, 1.807) is 18.2 Å². The average Bonchev–Trinajstić information content (AvgIpc) is 2.45. The number of amidine groups is 1. The lowest BCUT2D eigenvalue weighted by molar-refractivity contribution is 0.294. The minimum absolute atomic E-state index is 0.00823. The van der Waals surface area contributed by atoms with Crippen LogP contribution in [0.25, 0.3) is 0 Å². The number of aromatic nitrogens is 1. The highest BCUT2D eigenvalue weighted by atomic mass is 35.5. The number of oxime groups is 1. The van der Waals surface area contributed by atoms with Crippen LogP contribution in [0.4, 0.5) is 0 Å². The normalized spacial score (nSPS) is 11.3. The Morgan fingerprint density at radius 1 is 1.37 bits per heavy atom. The maximum atomic E-state index is 8.53. The Morgan fingerprint density at radius 3 is 2.84 bits per heavy atom. The maximum Gasteiger partial charge on any atom is 0.213 e. The Labute approximate surface area is 115 Å². The highest BCUT2D eigenvalue weighted by molar-refractivity contribution is 6.30. The van der Waals surface area contributed by atoms with Gasteiger partial charge in [0.05, 0.1) is 0 Å². The van der Waals surface area contributed by atoms with E-state index < -0.39 is 0 Å². The fourth-order valence-electron chi connectivity index (χ4n) is 1.46. The van der Waals surface area contributed by atoms with Crippen molar-refractivity contribution >= 4 is 17.4 Å². The lowest BCUT2D eigenvalue weighted by atomic mass is 10.2. The van der Waals surface area contributed by atoms with Crippen LogP contribution in [0, 0.1) is 0 Å². The molecule has 1 heterocycles. The third-order valence-corrected chi connectivity index (χ3v) is 2.65. The van der Waals surface area contributed by atoms with Crippen LogP contribution in [0.5, 0.6) is 5.88 Å². The summed E-state index contributed by atoms with van der Waals surface area (Å²) in [5.74, 6) is 0.461. The summed E-state index contributed by atoms with van der Waals surface area (Å²) in [6.45, 7) is 0.372. The van der Waals surface area contributed by atoms with Crippen molar-refractivity contribution in [3.8, 4) is 5.88 Å². The molecular weight excluding hydrogens is 266 g/mol. The van der Waals surface area contributed by atoms with E-state index in [-0.39, 0.29) is 5.84 Å². The van der Waals surface area contributed by atoms with E-state index in [0.717, 1.165) is 5.56 Å². The van der Waals surface area contributed by atoms with Crippen molar-refractivity contribution in [1.29, 1.82) is 0 Å². The second kappa shape index (κ2) is 6.06. The summed E-state index contributed by atoms with van der Waals surface area (Å²) in [5, 5.41) is 12.1. The van der Waals surface area contributed by atoms with Crippen LogP contribution < -0.4 is 10.5 Å². The van der Waals surface area contributed by atoms with Crippen molar-refractivity contribution < 1.29 is 9.94 Å². The summed E-state index contributed by atoms with van der Waals surface area (Å²) in [5.41, 5.74) is 6.91. The topological polar surface area (TPSA) is 80.7 Å². The van der Waals surface area contributed by atoms with E-state index in [0.29, 0.717) is 23.1 Å². The van der Waals surface area contributed by atoms with Gasteiger partial charge in [0.25, 0.3) is 0 Å². The summed E-state index contributed by atoms with van der Waals surface area (Å²) in [6.07, 6.45) is 1.47. The molecule has 0 radical (unpaired) electrons. The number of hydrogen-bond donors (Lipinski definition) is 2. The van der Waals surface area contributed by atoms with Crippen LogP contribution in [0.15, 0.2) is 47.8 Å². The average molecular weight is 278 g/mol. The van der Waals surface area contributed by atoms with Crippen molar-refractivity contribution in [2.75, 3.05) is 0 Å². The molecule has 5 nitrogen and oxygen atoms in total. The zero-order valence-electron chi connectivity index (χ0n) is 9.95. The zero-order chi connectivity index (χ0) is 13.7. The summed E-state index contributed by atoms with van der Waals surface area (Å²) in [7, 11) is 0. The van der Waals surface area contributed by atoms with Crippen molar-refractivity contribution in [1.82, 2.24) is 4.98 Å². The summed E-state index contributed by atoms with van der Waals surface area (Å²) in [4.78, 5) is 4.06. The second-order valence-corrected chi connectivity index (χ2v) is 4.23. The first-order valence-corrected chi connectivity index (χ1v) is 5.88. The van der Waals surface area contributed by atoms with Gasteiger partial charge in [-0.3, -0.25) is 0 Å². The van der Waals surface area contributed by atoms with Crippen molar-refractivity contribution in [2.24, 2.45) is 10.9 Å². The van der Waals surface area contributed by atoms with E-state index in [9.17, 15) is 0 Å². The van der Waals surface area contributed by atoms with E-state index >= 15 is 0 Å². The first-order chi connectivity index (χ1) is 9.19. The molecule has 0 aliphatic heterocycles. The Kier molecular flexibility index (Phi) is 4.20. The standard InChI is InChI=1S/C13H12ClN3O2/c14-11-3-1-2-9(6-11)8-19-12-5-4-10(7-16-12)13(15)17-18/h1-7,18H,8H2,(H2,15,17). The van der Waals surface area contributed by atoms with Crippen molar-refractivity contribution in [2.45, 2.75) is 6.61 Å². The van der Waals surface area contributed by atoms with Crippen LogP contribution in [0.2, 0.25) is 5.02 Å². The van der Waals surface area contributed by atoms with Gasteiger partial charge in [-0.2, -0.15) is 0 Å². The van der Waals surface area contributed by atoms with Crippen LogP contribution in [-0.2, 0) is 6.61 Å². The van der Waals surface area contributed by atoms with Gasteiger partial charge in [-0.25, -0.2) is 4.98 Å². The van der Waals surface area contributed by atoms with Gasteiger partial charge in [0.2, 0.25) is 5.88 Å². The Morgan fingerprint density at radius 2 is 2.21 bits per heavy atom. The van der Waals surface area contributed by atoms with Gasteiger partial charge < -0.3 is 15.7 Å². The van der Waals surface area contributed by atoms with Crippen molar-refractivity contribution in [3.63, 3.8) is 0 Å². The maximum absolute atomic E-state index is 8.53. The number of ether oxygens (including phenoxy) is 1. The number of halogens is 1. The highest BCUT2D eigenvalue weighted by Crippen LogP contribution is 2.14. The first kappa shape index (κ1) is 13.2. The molecule has 1 aromatic heterocycles. The fourth-order valence-corrected chi connectivity index (χ4v) is 1.67. The molecule has 0 fully saturated rings. The van der Waals surface area contributed by atoms with E-state index in [4.69, 9.17) is 27.3 Å². The number of pyridine rings is 1. The molecule has 2 rings (SSSR count). The van der Waals surface area contributed by atoms with Gasteiger partial charge in [-0.1, -0.05) is 28.9 Å². The molecule has 0 unspecified atom stereocenters. The molecule has 0 atom stereocenters. The number of hydrogen-bond acceptors (Lipinski definition) is 4. The molecule has 2 aromatic rings. The minimum Gasteiger partial charge on any atom is -0.473 e. The smallest absolute Gasteiger partial charge is 0.213 e. The first-order valence-electron chi connectivity index (χ1n) is 5.50. The fraction of sp³-hybridized carbons (Fsp3) is 0.0769. The molecular formula is C13H12ClN3O2. The molecule has 19 heavy (non-hydrogen) atoms. The SMILES string of the molecule is NC(=NO)c1ccc(OCc2cccc(Cl)c2)nc1. The van der Waals surface area contributed by atoms with Gasteiger partial charge in [0, 0.05) is 22.8 Å². The number of nitrogens with zero attached hydrogens (tertiary/aromatic N) is 2. The molecule has 1 aromatic carbocycles. The van der Waals surface area contributed by atoms with E-state index in [2.05, 4.69) is 10.1 Å². The molecule has 0 saturated heterocycles. The third kappa shape index (κ3) is 3.59. The summed E-state index contributed by atoms with van der Waals surface area (Å²) < 4.78 is 5.50. The van der Waals surface area contributed by atoms with Crippen LogP contribution in [0.1, 0.15) is 11.1 Å². The lowest BCUT2D eigenvalue weighted by Crippen LogP contribution is -2.13. The van der Waals surface area contributed by atoms with Crippen LogP contribution in [0.3, 0.4) is 0 Å². The minimum atomic E-state index is 0.00823. The molecule has 6 heteroatoms. The number of rotatable bonds is 4. The summed E-state index contributed by atoms with van der Waals surface area (Å²) >= 11 is 5.88. The Bertz CT molecular complexity index is 585. The Balaban J connectivity index is 2.00. The predicted molar refractivity (Wildman–Crippen MR) is 72.5 cm³/mol. The number of benzene rings is 1. The van der Waals surface area contributed by atoms with Gasteiger partial charge in [0.15, 0.2) is 5.84 Å². The molecule has 0 amide bonds. The van der Waals surface area contributed by atoms with Gasteiger partial charge >= 0.3 is 0 Å². The highest BCUT2D eigenvalue weighted by Gasteiger charge is 2.02. The lowest BCUT2D eigenvalue weighted by Gasteiger charge is -2.06. The van der Waals surface area contributed by atoms with Crippen LogP contribution in [-0.4, -0.2) is 16.0 Å². The van der Waals surface area contributed by atoms with Gasteiger partial charge in [-0.05, 0) is 23.8 Å². The monoisotopic (exact) mass is 277 g/mol. The molecule has 98 valence electrons. The second-order valence-electron chi connectivity index (χ2n) is 3.79. The van der Waals surface area contributed by atoms with Crippen molar-refractivity contribution in [3.05, 3.63) is 58.7 Å². The molecule has 0 aliphatic carbocycles. The third-order valence-electron chi connectivity index (χ3n) is 2.42. The van der Waals surface area contributed by atoms with E-state index in [1.807, 2.05) is 18.2 Å². The largest absolute Gasteiger partial charge is 0.473 e. The van der Waals surface area contributed by atoms with Gasteiger partial charge in [0.1, 0.15) is 6.61 Å². The molecule has 0 aliphatic rings. The van der Waals surface area contributed by atoms with Gasteiger partial charge in [-0.15, -0.1) is 0 Å². The molecule has 0 bridgehead atoms. The van der Waals surface area contributed by atoms with Crippen LogP contribution >= 0.6 is 11.6 Å². The summed E-state index contributed by atoms with van der Waals surface area (Å²) in [6, 6.07) is 10.7.